The maximum Gasteiger partial charge on any atom is 0.137 e. The molecule has 0 unspecified atom stereocenters. The predicted molar refractivity (Wildman–Crippen MR) is 273 cm³/mol. The van der Waals surface area contributed by atoms with Crippen molar-refractivity contribution < 1.29 is 0 Å². The summed E-state index contributed by atoms with van der Waals surface area (Å²) in [7, 11) is 0. The first-order valence-corrected chi connectivity index (χ1v) is 22.3. The summed E-state index contributed by atoms with van der Waals surface area (Å²) in [6, 6.07) is 78.2. The maximum atomic E-state index is 5.26. The molecule has 0 aliphatic carbocycles. The monoisotopic (exact) mass is 841 g/mol. The van der Waals surface area contributed by atoms with Crippen molar-refractivity contribution in [1.29, 1.82) is 0 Å². The zero-order valence-electron chi connectivity index (χ0n) is 35.8. The summed E-state index contributed by atoms with van der Waals surface area (Å²) in [6.07, 6.45) is 5.64. The molecule has 13 rings (SSSR count). The Morgan fingerprint density at radius 3 is 1.26 bits per heavy atom. The van der Waals surface area contributed by atoms with Gasteiger partial charge in [0.25, 0.3) is 0 Å². The molecule has 0 spiro atoms. The van der Waals surface area contributed by atoms with Gasteiger partial charge in [-0.3, -0.25) is 9.55 Å². The van der Waals surface area contributed by atoms with E-state index >= 15 is 0 Å². The lowest BCUT2D eigenvalue weighted by Gasteiger charge is -2.14. The summed E-state index contributed by atoms with van der Waals surface area (Å²) in [5.41, 5.74) is 16.3. The van der Waals surface area contributed by atoms with Crippen LogP contribution < -0.4 is 0 Å². The molecule has 0 aliphatic heterocycles. The minimum atomic E-state index is 0.862. The fraction of sp³-hybridized carbons (Fsp3) is 0. The van der Waals surface area contributed by atoms with Crippen molar-refractivity contribution in [2.45, 2.75) is 0 Å². The Hall–Kier alpha value is -8.93. The lowest BCUT2D eigenvalue weighted by molar-refractivity contribution is 1.08. The molecule has 0 fully saturated rings. The van der Waals surface area contributed by atoms with Gasteiger partial charge < -0.3 is 4.57 Å². The van der Waals surface area contributed by atoms with Gasteiger partial charge in [-0.1, -0.05) is 152 Å². The molecule has 5 aromatic heterocycles. The van der Waals surface area contributed by atoms with Gasteiger partial charge in [-0.2, -0.15) is 0 Å². The molecule has 0 saturated heterocycles. The normalized spacial score (nSPS) is 11.6. The van der Waals surface area contributed by atoms with Crippen LogP contribution in [0, 0.1) is 0 Å². The molecule has 13 aromatic rings. The quantitative estimate of drug-likeness (QED) is 0.161. The Balaban J connectivity index is 1.11. The van der Waals surface area contributed by atoms with Crippen LogP contribution in [0.15, 0.2) is 237 Å². The number of rotatable bonds is 7. The fourth-order valence-electron chi connectivity index (χ4n) is 9.97. The Bertz CT molecular complexity index is 3880. The molecule has 5 heterocycles. The highest BCUT2D eigenvalue weighted by atomic mass is 15.1. The highest BCUT2D eigenvalue weighted by Crippen LogP contribution is 2.44. The van der Waals surface area contributed by atoms with Crippen LogP contribution in [0.1, 0.15) is 0 Å². The van der Waals surface area contributed by atoms with Crippen LogP contribution in [-0.4, -0.2) is 24.1 Å². The van der Waals surface area contributed by atoms with Crippen LogP contribution in [0.5, 0.6) is 0 Å². The number of hydrogen-bond donors (Lipinski definition) is 0. The average molecular weight is 842 g/mol. The second-order valence-corrected chi connectivity index (χ2v) is 16.9. The summed E-state index contributed by atoms with van der Waals surface area (Å²) in [6.45, 7) is 0. The van der Waals surface area contributed by atoms with Crippen molar-refractivity contribution in [3.8, 4) is 67.4 Å². The standard InChI is InChI=1S/C61H39N5/c1-5-14-40(15-6-1)44-23-28-55-51(34-44)60-49-27-31-58-61(50(49)26-30-57(60)65(55)48-36-53(42-18-9-3-10-19-42)64-54(37-48)43-20-11-4-12-21-43)52-35-45(41-16-7-2-8-17-41)24-29-56(52)66(58)59-32-25-47(39-63-59)46-22-13-33-62-38-46/h1-39H. The molecule has 5 heteroatoms. The number of nitrogens with zero attached hydrogens (tertiary/aromatic N) is 5. The van der Waals surface area contributed by atoms with E-state index in [-0.39, 0.29) is 0 Å². The van der Waals surface area contributed by atoms with Crippen molar-refractivity contribution in [3.63, 3.8) is 0 Å². The SMILES string of the molecule is c1ccc(-c2ccc3c(c2)c2c4ccc5c(c4ccc2n3-c2cc(-c3ccccc3)nc(-c3ccccc3)c2)c2cc(-c3ccccc3)ccc2n5-c2ccc(-c3cccnc3)cn2)cc1. The first-order chi connectivity index (χ1) is 32.7. The number of benzene rings is 8. The Labute approximate surface area is 381 Å². The summed E-state index contributed by atoms with van der Waals surface area (Å²) in [5, 5.41) is 7.16. The van der Waals surface area contributed by atoms with Gasteiger partial charge in [0.2, 0.25) is 0 Å². The topological polar surface area (TPSA) is 48.5 Å². The summed E-state index contributed by atoms with van der Waals surface area (Å²) >= 11 is 0. The van der Waals surface area contributed by atoms with E-state index < -0.39 is 0 Å². The molecular formula is C61H39N5. The van der Waals surface area contributed by atoms with Crippen LogP contribution in [-0.2, 0) is 0 Å². The molecule has 5 nitrogen and oxygen atoms in total. The fourth-order valence-corrected chi connectivity index (χ4v) is 9.97. The summed E-state index contributed by atoms with van der Waals surface area (Å²) in [4.78, 5) is 14.7. The van der Waals surface area contributed by atoms with Gasteiger partial charge in [0.15, 0.2) is 0 Å². The Morgan fingerprint density at radius 1 is 0.303 bits per heavy atom. The second-order valence-electron chi connectivity index (χ2n) is 16.9. The van der Waals surface area contributed by atoms with E-state index in [1.54, 1.807) is 6.20 Å². The highest BCUT2D eigenvalue weighted by Gasteiger charge is 2.22. The lowest BCUT2D eigenvalue weighted by atomic mass is 9.97. The van der Waals surface area contributed by atoms with Crippen molar-refractivity contribution in [3.05, 3.63) is 237 Å². The molecule has 66 heavy (non-hydrogen) atoms. The number of hydrogen-bond acceptors (Lipinski definition) is 3. The molecule has 0 atom stereocenters. The van der Waals surface area contributed by atoms with Crippen LogP contribution in [0.4, 0.5) is 0 Å². The average Bonchev–Trinajstić information content (AvgIpc) is 3.92. The van der Waals surface area contributed by atoms with Crippen molar-refractivity contribution >= 4 is 54.4 Å². The molecule has 0 aliphatic rings. The van der Waals surface area contributed by atoms with E-state index in [1.165, 1.54) is 54.6 Å². The lowest BCUT2D eigenvalue weighted by Crippen LogP contribution is -1.98. The van der Waals surface area contributed by atoms with Gasteiger partial charge in [0.05, 0.1) is 39.1 Å². The third kappa shape index (κ3) is 6.21. The predicted octanol–water partition coefficient (Wildman–Crippen LogP) is 15.6. The molecular weight excluding hydrogens is 803 g/mol. The van der Waals surface area contributed by atoms with E-state index in [1.807, 2.05) is 18.5 Å². The van der Waals surface area contributed by atoms with E-state index in [4.69, 9.17) is 9.97 Å². The van der Waals surface area contributed by atoms with E-state index in [0.717, 1.165) is 67.2 Å². The summed E-state index contributed by atoms with van der Waals surface area (Å²) < 4.78 is 4.76. The van der Waals surface area contributed by atoms with Crippen LogP contribution in [0.25, 0.3) is 122 Å². The van der Waals surface area contributed by atoms with E-state index in [2.05, 4.69) is 226 Å². The van der Waals surface area contributed by atoms with Crippen LogP contribution >= 0.6 is 0 Å². The zero-order valence-corrected chi connectivity index (χ0v) is 35.8. The number of fused-ring (bicyclic) bond motifs is 9. The largest absolute Gasteiger partial charge is 0.309 e. The van der Waals surface area contributed by atoms with Gasteiger partial charge in [-0.25, -0.2) is 9.97 Å². The van der Waals surface area contributed by atoms with E-state index in [0.29, 0.717) is 0 Å². The van der Waals surface area contributed by atoms with Crippen LogP contribution in [0.2, 0.25) is 0 Å². The molecule has 0 amide bonds. The molecule has 8 aromatic carbocycles. The number of aromatic nitrogens is 5. The highest BCUT2D eigenvalue weighted by molar-refractivity contribution is 6.30. The first kappa shape index (κ1) is 37.6. The van der Waals surface area contributed by atoms with Crippen molar-refractivity contribution in [2.24, 2.45) is 0 Å². The molecule has 0 bridgehead atoms. The minimum Gasteiger partial charge on any atom is -0.309 e. The zero-order chi connectivity index (χ0) is 43.6. The van der Waals surface area contributed by atoms with Gasteiger partial charge in [0.1, 0.15) is 5.82 Å². The second kappa shape index (κ2) is 15.4. The Kier molecular flexibility index (Phi) is 8.78. The van der Waals surface area contributed by atoms with Crippen molar-refractivity contribution in [2.75, 3.05) is 0 Å². The van der Waals surface area contributed by atoms with Gasteiger partial charge in [0, 0.05) is 62.4 Å². The third-order valence-corrected chi connectivity index (χ3v) is 13.0. The smallest absolute Gasteiger partial charge is 0.137 e. The van der Waals surface area contributed by atoms with Crippen LogP contribution in [0.3, 0.4) is 0 Å². The van der Waals surface area contributed by atoms with Gasteiger partial charge >= 0.3 is 0 Å². The molecule has 308 valence electrons. The maximum absolute atomic E-state index is 5.26. The Morgan fingerprint density at radius 2 is 0.758 bits per heavy atom. The first-order valence-electron chi connectivity index (χ1n) is 22.3. The summed E-state index contributed by atoms with van der Waals surface area (Å²) in [5.74, 6) is 0.862. The van der Waals surface area contributed by atoms with Crippen molar-refractivity contribution in [1.82, 2.24) is 24.1 Å². The number of pyridine rings is 3. The third-order valence-electron chi connectivity index (χ3n) is 13.0. The van der Waals surface area contributed by atoms with E-state index in [9.17, 15) is 0 Å². The minimum absolute atomic E-state index is 0.862. The molecule has 0 radical (unpaired) electrons. The van der Waals surface area contributed by atoms with Gasteiger partial charge in [-0.15, -0.1) is 0 Å². The molecule has 0 N–H and O–H groups in total. The van der Waals surface area contributed by atoms with Gasteiger partial charge in [-0.05, 0) is 99.8 Å². The molecule has 0 saturated carbocycles.